The van der Waals surface area contributed by atoms with Crippen LogP contribution < -0.4 is 0 Å². The van der Waals surface area contributed by atoms with E-state index in [1.807, 2.05) is 19.9 Å². The Kier molecular flexibility index (Phi) is 5.66. The van der Waals surface area contributed by atoms with Gasteiger partial charge >= 0.3 is 5.97 Å². The number of fused-ring (bicyclic) bond motifs is 1. The molecule has 1 aromatic carbocycles. The molecule has 5 nitrogen and oxygen atoms in total. The van der Waals surface area contributed by atoms with E-state index < -0.39 is 5.97 Å². The van der Waals surface area contributed by atoms with Crippen LogP contribution in [0.1, 0.15) is 31.0 Å². The van der Waals surface area contributed by atoms with Gasteiger partial charge in [-0.05, 0) is 57.1 Å². The van der Waals surface area contributed by atoms with E-state index in [0.29, 0.717) is 6.04 Å². The molecule has 0 radical (unpaired) electrons. The number of rotatable bonds is 6. The van der Waals surface area contributed by atoms with Gasteiger partial charge in [-0.2, -0.15) is 0 Å². The molecule has 0 bridgehead atoms. The second-order valence-corrected chi connectivity index (χ2v) is 6.90. The molecule has 2 heterocycles. The van der Waals surface area contributed by atoms with Crippen molar-refractivity contribution in [1.82, 2.24) is 14.8 Å². The predicted molar refractivity (Wildman–Crippen MR) is 99.7 cm³/mol. The molecule has 1 aliphatic heterocycles. The summed E-state index contributed by atoms with van der Waals surface area (Å²) in [7, 11) is 0. The van der Waals surface area contributed by atoms with Crippen LogP contribution in [-0.4, -0.2) is 58.1 Å². The number of benzene rings is 1. The van der Waals surface area contributed by atoms with Gasteiger partial charge in [0.25, 0.3) is 0 Å². The second kappa shape index (κ2) is 7.93. The van der Waals surface area contributed by atoms with Crippen molar-refractivity contribution in [2.24, 2.45) is 0 Å². The van der Waals surface area contributed by atoms with Crippen LogP contribution in [0.5, 0.6) is 0 Å². The highest BCUT2D eigenvalue weighted by Crippen LogP contribution is 2.23. The number of likely N-dealkylation sites (N-methyl/N-ethyl adjacent to an activating group) is 1. The number of carboxylic acids is 1. The average molecular weight is 341 g/mol. The monoisotopic (exact) mass is 341 g/mol. The zero-order valence-corrected chi connectivity index (χ0v) is 15.1. The lowest BCUT2D eigenvalue weighted by molar-refractivity contribution is -0.139. The van der Waals surface area contributed by atoms with Crippen LogP contribution in [0.3, 0.4) is 0 Å². The molecule has 1 saturated heterocycles. The molecule has 0 aliphatic carbocycles. The number of piperidine rings is 1. The van der Waals surface area contributed by atoms with Crippen molar-refractivity contribution in [2.75, 3.05) is 26.2 Å². The van der Waals surface area contributed by atoms with E-state index in [9.17, 15) is 4.79 Å². The van der Waals surface area contributed by atoms with Crippen LogP contribution in [0, 0.1) is 6.92 Å². The number of aryl methyl sites for hydroxylation is 1. The summed E-state index contributed by atoms with van der Waals surface area (Å²) in [5.74, 6) is -0.733. The lowest BCUT2D eigenvalue weighted by Crippen LogP contribution is -2.46. The van der Waals surface area contributed by atoms with Gasteiger partial charge in [-0.15, -0.1) is 0 Å². The van der Waals surface area contributed by atoms with Crippen molar-refractivity contribution < 1.29 is 9.90 Å². The van der Waals surface area contributed by atoms with E-state index in [1.54, 1.807) is 0 Å². The maximum atomic E-state index is 11.0. The Labute approximate surface area is 149 Å². The van der Waals surface area contributed by atoms with E-state index in [0.717, 1.165) is 50.2 Å². The first kappa shape index (κ1) is 17.8. The number of hydrogen-bond donors (Lipinski definition) is 1. The number of likely N-dealkylation sites (tertiary alicyclic amines) is 1. The first-order chi connectivity index (χ1) is 12.1. The smallest absolute Gasteiger partial charge is 0.317 e. The fourth-order valence-electron chi connectivity index (χ4n) is 3.88. The fraction of sp³-hybridized carbons (Fsp3) is 0.500. The van der Waals surface area contributed by atoms with E-state index in [2.05, 4.69) is 39.0 Å². The molecule has 5 heteroatoms. The van der Waals surface area contributed by atoms with Crippen molar-refractivity contribution in [2.45, 2.75) is 39.3 Å². The topological polar surface area (TPSA) is 56.7 Å². The number of para-hydroxylation sites is 1. The summed E-state index contributed by atoms with van der Waals surface area (Å²) in [6, 6.07) is 10.9. The van der Waals surface area contributed by atoms with Gasteiger partial charge in [-0.3, -0.25) is 19.6 Å². The maximum Gasteiger partial charge on any atom is 0.317 e. The molecule has 1 aromatic heterocycles. The quantitative estimate of drug-likeness (QED) is 0.875. The molecular weight excluding hydrogens is 314 g/mol. The number of carbonyl (C=O) groups is 1. The van der Waals surface area contributed by atoms with Crippen LogP contribution in [-0.2, 0) is 11.3 Å². The standard InChI is InChI=1S/C20H27N3O2/c1-3-23(14-20(24)25)17-8-10-22(11-9-17)13-16-12-15(2)21-19-7-5-4-6-18(16)19/h4-7,12,17H,3,8-11,13-14H2,1-2H3,(H,24,25). The largest absolute Gasteiger partial charge is 0.480 e. The summed E-state index contributed by atoms with van der Waals surface area (Å²) in [4.78, 5) is 20.2. The number of nitrogens with zero attached hydrogens (tertiary/aromatic N) is 3. The SMILES string of the molecule is CCN(CC(=O)O)C1CCN(Cc2cc(C)nc3ccccc23)CC1. The lowest BCUT2D eigenvalue weighted by Gasteiger charge is -2.37. The van der Waals surface area contributed by atoms with Gasteiger partial charge in [0.15, 0.2) is 0 Å². The van der Waals surface area contributed by atoms with Gasteiger partial charge in [0.1, 0.15) is 0 Å². The molecule has 0 saturated carbocycles. The van der Waals surface area contributed by atoms with E-state index >= 15 is 0 Å². The number of aromatic nitrogens is 1. The minimum absolute atomic E-state index is 0.148. The van der Waals surface area contributed by atoms with Crippen molar-refractivity contribution in [3.05, 3.63) is 41.6 Å². The molecule has 1 N–H and O–H groups in total. The molecule has 1 aliphatic rings. The third-order valence-electron chi connectivity index (χ3n) is 5.14. The van der Waals surface area contributed by atoms with Crippen molar-refractivity contribution in [1.29, 1.82) is 0 Å². The molecule has 2 aromatic rings. The molecule has 0 amide bonds. The third-order valence-corrected chi connectivity index (χ3v) is 5.14. The Morgan fingerprint density at radius 1 is 1.32 bits per heavy atom. The minimum atomic E-state index is -0.733. The van der Waals surface area contributed by atoms with Gasteiger partial charge in [-0.25, -0.2) is 0 Å². The van der Waals surface area contributed by atoms with E-state index in [-0.39, 0.29) is 6.54 Å². The second-order valence-electron chi connectivity index (χ2n) is 6.90. The Morgan fingerprint density at radius 3 is 2.72 bits per heavy atom. The minimum Gasteiger partial charge on any atom is -0.480 e. The third kappa shape index (κ3) is 4.35. The summed E-state index contributed by atoms with van der Waals surface area (Å²) < 4.78 is 0. The van der Waals surface area contributed by atoms with Gasteiger partial charge < -0.3 is 5.11 Å². The Balaban J connectivity index is 1.66. The molecule has 0 spiro atoms. The predicted octanol–water partition coefficient (Wildman–Crippen LogP) is 2.91. The highest BCUT2D eigenvalue weighted by Gasteiger charge is 2.25. The van der Waals surface area contributed by atoms with E-state index in [4.69, 9.17) is 5.11 Å². The van der Waals surface area contributed by atoms with Crippen LogP contribution in [0.4, 0.5) is 0 Å². The van der Waals surface area contributed by atoms with Crippen LogP contribution in [0.15, 0.2) is 30.3 Å². The highest BCUT2D eigenvalue weighted by atomic mass is 16.4. The number of carboxylic acid groups (broad SMARTS) is 1. The molecule has 134 valence electrons. The summed E-state index contributed by atoms with van der Waals surface area (Å²) >= 11 is 0. The number of hydrogen-bond acceptors (Lipinski definition) is 4. The van der Waals surface area contributed by atoms with Crippen molar-refractivity contribution >= 4 is 16.9 Å². The molecule has 0 unspecified atom stereocenters. The van der Waals surface area contributed by atoms with Crippen LogP contribution >= 0.6 is 0 Å². The first-order valence-corrected chi connectivity index (χ1v) is 9.10. The maximum absolute atomic E-state index is 11.0. The molecule has 1 fully saturated rings. The molecule has 25 heavy (non-hydrogen) atoms. The Morgan fingerprint density at radius 2 is 2.04 bits per heavy atom. The summed E-state index contributed by atoms with van der Waals surface area (Å²) in [6.45, 7) is 7.99. The van der Waals surface area contributed by atoms with Crippen molar-refractivity contribution in [3.8, 4) is 0 Å². The molecule has 3 rings (SSSR count). The Bertz CT molecular complexity index is 739. The summed E-state index contributed by atoms with van der Waals surface area (Å²) in [5, 5.41) is 10.3. The van der Waals surface area contributed by atoms with Gasteiger partial charge in [0.2, 0.25) is 0 Å². The first-order valence-electron chi connectivity index (χ1n) is 9.10. The summed E-state index contributed by atoms with van der Waals surface area (Å²) in [6.07, 6.45) is 2.06. The van der Waals surface area contributed by atoms with Gasteiger partial charge in [-0.1, -0.05) is 25.1 Å². The highest BCUT2D eigenvalue weighted by molar-refractivity contribution is 5.82. The van der Waals surface area contributed by atoms with Gasteiger partial charge in [0, 0.05) is 23.7 Å². The van der Waals surface area contributed by atoms with Crippen molar-refractivity contribution in [3.63, 3.8) is 0 Å². The van der Waals surface area contributed by atoms with Crippen LogP contribution in [0.25, 0.3) is 10.9 Å². The number of pyridine rings is 1. The lowest BCUT2D eigenvalue weighted by atomic mass is 10.0. The van der Waals surface area contributed by atoms with E-state index in [1.165, 1.54) is 10.9 Å². The fourth-order valence-corrected chi connectivity index (χ4v) is 3.88. The van der Waals surface area contributed by atoms with Gasteiger partial charge in [0.05, 0.1) is 12.1 Å². The molecular formula is C20H27N3O2. The number of aliphatic carboxylic acids is 1. The zero-order chi connectivity index (χ0) is 17.8. The molecule has 0 atom stereocenters. The Hall–Kier alpha value is -1.98. The van der Waals surface area contributed by atoms with Crippen LogP contribution in [0.2, 0.25) is 0 Å². The average Bonchev–Trinajstić information content (AvgIpc) is 2.60. The zero-order valence-electron chi connectivity index (χ0n) is 15.1. The summed E-state index contributed by atoms with van der Waals surface area (Å²) in [5.41, 5.74) is 3.45. The normalized spacial score (nSPS) is 16.6.